The maximum Gasteiger partial charge on any atom is 0.245 e. The number of likely N-dealkylation sites (tertiary alicyclic amines) is 1. The highest BCUT2D eigenvalue weighted by Gasteiger charge is 2.41. The van der Waals surface area contributed by atoms with Crippen LogP contribution in [0.5, 0.6) is 0 Å². The summed E-state index contributed by atoms with van der Waals surface area (Å²) >= 11 is 0. The Hall–Kier alpha value is -1.63. The van der Waals surface area contributed by atoms with Crippen molar-refractivity contribution in [2.24, 2.45) is 23.2 Å². The van der Waals surface area contributed by atoms with Gasteiger partial charge in [0, 0.05) is 46.2 Å². The number of carbonyl (C=O) groups excluding carboxylic acids is 3. The van der Waals surface area contributed by atoms with Crippen LogP contribution in [0.4, 0.5) is 0 Å². The third-order valence-corrected chi connectivity index (χ3v) is 7.72. The summed E-state index contributed by atoms with van der Waals surface area (Å²) in [4.78, 5) is 45.5. The van der Waals surface area contributed by atoms with E-state index in [4.69, 9.17) is 0 Å². The second-order valence-corrected chi connectivity index (χ2v) is 12.6. The van der Waals surface area contributed by atoms with Crippen LogP contribution in [0.2, 0.25) is 0 Å². The normalized spacial score (nSPS) is 21.7. The second-order valence-electron chi connectivity index (χ2n) is 12.6. The van der Waals surface area contributed by atoms with Gasteiger partial charge in [-0.1, -0.05) is 48.5 Å². The van der Waals surface area contributed by atoms with E-state index < -0.39 is 6.04 Å². The summed E-state index contributed by atoms with van der Waals surface area (Å²) in [6.07, 6.45) is 4.67. The predicted molar refractivity (Wildman–Crippen MR) is 142 cm³/mol. The molecule has 0 bridgehead atoms. The number of hydrogen-bond acceptors (Lipinski definition) is 4. The molecule has 2 heterocycles. The molecule has 0 aromatic rings. The topological polar surface area (TPSA) is 73.0 Å². The summed E-state index contributed by atoms with van der Waals surface area (Å²) in [6.45, 7) is 18.5. The molecular weight excluding hydrogens is 440 g/mol. The van der Waals surface area contributed by atoms with Crippen LogP contribution in [-0.2, 0) is 14.4 Å². The fraction of sp³-hybridized carbons (Fsp3) is 0.893. The lowest BCUT2D eigenvalue weighted by Crippen LogP contribution is -2.62. The number of rotatable bonds is 11. The van der Waals surface area contributed by atoms with Crippen molar-refractivity contribution in [1.29, 1.82) is 0 Å². The van der Waals surface area contributed by atoms with Gasteiger partial charge in [0.2, 0.25) is 17.7 Å². The highest BCUT2D eigenvalue weighted by molar-refractivity contribution is 5.90. The smallest absolute Gasteiger partial charge is 0.245 e. The summed E-state index contributed by atoms with van der Waals surface area (Å²) < 4.78 is 0. The van der Waals surface area contributed by atoms with Gasteiger partial charge in [0.25, 0.3) is 0 Å². The molecule has 0 saturated carbocycles. The summed E-state index contributed by atoms with van der Waals surface area (Å²) in [5.74, 6) is 1.68. The molecule has 0 aromatic carbocycles. The lowest BCUT2D eigenvalue weighted by Gasteiger charge is -2.44. The van der Waals surface area contributed by atoms with Crippen LogP contribution >= 0.6 is 0 Å². The molecule has 2 aliphatic rings. The maximum atomic E-state index is 13.7. The van der Waals surface area contributed by atoms with Crippen molar-refractivity contribution in [3.05, 3.63) is 0 Å². The van der Waals surface area contributed by atoms with Crippen molar-refractivity contribution in [2.45, 2.75) is 99.1 Å². The van der Waals surface area contributed by atoms with Gasteiger partial charge in [-0.2, -0.15) is 0 Å². The van der Waals surface area contributed by atoms with Gasteiger partial charge in [0.1, 0.15) is 6.04 Å². The van der Waals surface area contributed by atoms with E-state index in [2.05, 4.69) is 53.8 Å². The highest BCUT2D eigenvalue weighted by Crippen LogP contribution is 2.35. The Balaban J connectivity index is 2.01. The summed E-state index contributed by atoms with van der Waals surface area (Å²) in [7, 11) is 1.90. The molecule has 7 heteroatoms. The molecule has 0 radical (unpaired) electrons. The van der Waals surface area contributed by atoms with Crippen molar-refractivity contribution in [2.75, 3.05) is 39.8 Å². The van der Waals surface area contributed by atoms with Crippen molar-refractivity contribution in [1.82, 2.24) is 20.0 Å². The zero-order valence-electron chi connectivity index (χ0n) is 23.7. The molecule has 1 unspecified atom stereocenters. The van der Waals surface area contributed by atoms with E-state index in [-0.39, 0.29) is 29.2 Å². The van der Waals surface area contributed by atoms with E-state index in [1.165, 1.54) is 0 Å². The number of piperazine rings is 1. The van der Waals surface area contributed by atoms with E-state index in [0.29, 0.717) is 50.2 Å². The van der Waals surface area contributed by atoms with Gasteiger partial charge < -0.3 is 20.0 Å². The van der Waals surface area contributed by atoms with Gasteiger partial charge >= 0.3 is 0 Å². The summed E-state index contributed by atoms with van der Waals surface area (Å²) in [5, 5.41) is 3.36. The Labute approximate surface area is 214 Å². The van der Waals surface area contributed by atoms with Crippen LogP contribution in [0.3, 0.4) is 0 Å². The van der Waals surface area contributed by atoms with Crippen LogP contribution < -0.4 is 5.32 Å². The first kappa shape index (κ1) is 29.6. The number of amides is 3. The lowest BCUT2D eigenvalue weighted by atomic mass is 9.77. The number of piperidine rings is 1. The van der Waals surface area contributed by atoms with Crippen molar-refractivity contribution in [3.63, 3.8) is 0 Å². The zero-order valence-corrected chi connectivity index (χ0v) is 23.7. The second kappa shape index (κ2) is 13.1. The highest BCUT2D eigenvalue weighted by atomic mass is 16.2. The Morgan fingerprint density at radius 1 is 1.03 bits per heavy atom. The molecule has 2 saturated heterocycles. The molecule has 3 amide bonds. The number of nitrogens with zero attached hydrogens (tertiary/aromatic N) is 3. The summed E-state index contributed by atoms with van der Waals surface area (Å²) in [6, 6.07) is -0.595. The average Bonchev–Trinajstić information content (AvgIpc) is 2.76. The van der Waals surface area contributed by atoms with Crippen LogP contribution in [0.15, 0.2) is 0 Å². The Morgan fingerprint density at radius 3 is 2.20 bits per heavy atom. The molecule has 0 aromatic heterocycles. The van der Waals surface area contributed by atoms with Crippen molar-refractivity contribution in [3.8, 4) is 0 Å². The zero-order chi connectivity index (χ0) is 26.3. The fourth-order valence-electron chi connectivity index (χ4n) is 5.26. The number of hydrogen-bond donors (Lipinski definition) is 1. The Morgan fingerprint density at radius 2 is 1.66 bits per heavy atom. The van der Waals surface area contributed by atoms with E-state index in [1.807, 2.05) is 21.7 Å². The Bertz CT molecular complexity index is 713. The molecule has 7 nitrogen and oxygen atoms in total. The van der Waals surface area contributed by atoms with Gasteiger partial charge in [-0.05, 0) is 55.3 Å². The molecule has 1 N–H and O–H groups in total. The molecule has 0 aliphatic carbocycles. The SMILES string of the molecule is CC(C)CCN(C)C(=O)CC1(C)CCN(C(=O)C(CC(C)C)N2CCN[C@@H](CC(C)C)C2=O)CC1. The maximum absolute atomic E-state index is 13.7. The van der Waals surface area contributed by atoms with Gasteiger partial charge in [-0.3, -0.25) is 14.4 Å². The summed E-state index contributed by atoms with van der Waals surface area (Å²) in [5.41, 5.74) is -0.0826. The Kier molecular flexibility index (Phi) is 11.1. The molecule has 2 fully saturated rings. The molecule has 202 valence electrons. The molecular formula is C28H52N4O3. The van der Waals surface area contributed by atoms with Crippen LogP contribution in [0.1, 0.15) is 87.0 Å². The third kappa shape index (κ3) is 8.76. The van der Waals surface area contributed by atoms with Gasteiger partial charge in [-0.15, -0.1) is 0 Å². The van der Waals surface area contributed by atoms with Gasteiger partial charge in [0.05, 0.1) is 6.04 Å². The number of nitrogens with one attached hydrogen (secondary N) is 1. The van der Waals surface area contributed by atoms with Crippen LogP contribution in [0, 0.1) is 23.2 Å². The predicted octanol–water partition coefficient (Wildman–Crippen LogP) is 3.77. The van der Waals surface area contributed by atoms with E-state index in [0.717, 1.165) is 38.8 Å². The minimum absolute atomic E-state index is 0.0702. The fourth-order valence-corrected chi connectivity index (χ4v) is 5.26. The standard InChI is InChI=1S/C28H52N4O3/c1-20(2)9-13-30(8)25(33)19-28(7)10-14-31(15-11-28)27(35)24(18-22(5)6)32-16-12-29-23(26(32)34)17-21(3)4/h20-24,29H,9-19H2,1-8H3/t23-,24?/m0/s1. The van der Waals surface area contributed by atoms with Crippen molar-refractivity contribution < 1.29 is 14.4 Å². The quantitative estimate of drug-likeness (QED) is 0.477. The number of carbonyl (C=O) groups is 3. The van der Waals surface area contributed by atoms with Gasteiger partial charge in [-0.25, -0.2) is 0 Å². The third-order valence-electron chi connectivity index (χ3n) is 7.72. The first-order valence-corrected chi connectivity index (χ1v) is 13.9. The average molecular weight is 493 g/mol. The first-order valence-electron chi connectivity index (χ1n) is 13.9. The van der Waals surface area contributed by atoms with Crippen LogP contribution in [0.25, 0.3) is 0 Å². The van der Waals surface area contributed by atoms with Crippen molar-refractivity contribution >= 4 is 17.7 Å². The van der Waals surface area contributed by atoms with E-state index in [9.17, 15) is 14.4 Å². The molecule has 0 spiro atoms. The molecule has 2 aliphatic heterocycles. The molecule has 35 heavy (non-hydrogen) atoms. The van der Waals surface area contributed by atoms with E-state index >= 15 is 0 Å². The molecule has 2 atom stereocenters. The minimum atomic E-state index is -0.396. The lowest BCUT2D eigenvalue weighted by molar-refractivity contribution is -0.151. The largest absolute Gasteiger partial charge is 0.346 e. The molecule has 2 rings (SSSR count). The first-order chi connectivity index (χ1) is 16.3. The van der Waals surface area contributed by atoms with E-state index in [1.54, 1.807) is 0 Å². The van der Waals surface area contributed by atoms with Crippen LogP contribution in [-0.4, -0.2) is 84.3 Å². The monoisotopic (exact) mass is 492 g/mol. The van der Waals surface area contributed by atoms with Gasteiger partial charge in [0.15, 0.2) is 0 Å². The minimum Gasteiger partial charge on any atom is -0.346 e.